The van der Waals surface area contributed by atoms with Gasteiger partial charge in [-0.05, 0) is 12.8 Å². The van der Waals surface area contributed by atoms with Gasteiger partial charge in [-0.2, -0.15) is 4.98 Å². The van der Waals surface area contributed by atoms with E-state index in [2.05, 4.69) is 10.1 Å². The molecule has 0 saturated heterocycles. The molecule has 5 nitrogen and oxygen atoms in total. The van der Waals surface area contributed by atoms with E-state index in [9.17, 15) is 13.9 Å². The van der Waals surface area contributed by atoms with Crippen molar-refractivity contribution in [1.29, 1.82) is 0 Å². The van der Waals surface area contributed by atoms with E-state index in [-0.39, 0.29) is 12.5 Å². The van der Waals surface area contributed by atoms with Gasteiger partial charge in [0.15, 0.2) is 5.82 Å². The van der Waals surface area contributed by atoms with E-state index in [1.54, 1.807) is 0 Å². The highest BCUT2D eigenvalue weighted by Gasteiger charge is 2.28. The lowest BCUT2D eigenvalue weighted by atomic mass is 9.97. The summed E-state index contributed by atoms with van der Waals surface area (Å²) in [7, 11) is 0. The first-order valence-corrected chi connectivity index (χ1v) is 7.03. The van der Waals surface area contributed by atoms with Crippen LogP contribution in [-0.4, -0.2) is 41.0 Å². The van der Waals surface area contributed by atoms with Gasteiger partial charge < -0.3 is 14.4 Å². The molecule has 0 spiro atoms. The molecule has 2 rings (SSSR count). The number of rotatable bonds is 6. The average molecular weight is 290 g/mol. The zero-order chi connectivity index (χ0) is 14.4. The van der Waals surface area contributed by atoms with Crippen LogP contribution in [0.4, 0.5) is 8.78 Å². The third-order valence-corrected chi connectivity index (χ3v) is 3.49. The van der Waals surface area contributed by atoms with E-state index in [0.717, 1.165) is 32.1 Å². The monoisotopic (exact) mass is 290 g/mol. The molecular weight excluding hydrogens is 270 g/mol. The molecule has 0 radical (unpaired) electrons. The molecule has 0 amide bonds. The summed E-state index contributed by atoms with van der Waals surface area (Å²) >= 11 is 0. The smallest absolute Gasteiger partial charge is 0.261 e. The van der Waals surface area contributed by atoms with E-state index in [0.29, 0.717) is 18.1 Å². The molecule has 2 atom stereocenters. The summed E-state index contributed by atoms with van der Waals surface area (Å²) in [6, 6.07) is 0. The van der Waals surface area contributed by atoms with Crippen LogP contribution >= 0.6 is 0 Å². The summed E-state index contributed by atoms with van der Waals surface area (Å²) in [6.07, 6.45) is 2.18. The molecule has 0 bridgehead atoms. The van der Waals surface area contributed by atoms with Gasteiger partial charge in [0, 0.05) is 6.42 Å². The summed E-state index contributed by atoms with van der Waals surface area (Å²) in [5, 5.41) is 13.9. The van der Waals surface area contributed by atoms with Crippen LogP contribution in [0.2, 0.25) is 0 Å². The summed E-state index contributed by atoms with van der Waals surface area (Å²) in [6.45, 7) is -0.442. The van der Waals surface area contributed by atoms with Crippen molar-refractivity contribution in [2.75, 3.05) is 13.2 Å². The molecule has 114 valence electrons. The van der Waals surface area contributed by atoms with Crippen molar-refractivity contribution in [2.24, 2.45) is 0 Å². The van der Waals surface area contributed by atoms with Crippen LogP contribution in [0, 0.1) is 0 Å². The van der Waals surface area contributed by atoms with E-state index in [4.69, 9.17) is 9.26 Å². The van der Waals surface area contributed by atoms with Crippen LogP contribution in [0.25, 0.3) is 0 Å². The van der Waals surface area contributed by atoms with Crippen molar-refractivity contribution >= 4 is 0 Å². The molecule has 1 N–H and O–H groups in total. The first-order valence-electron chi connectivity index (χ1n) is 7.03. The van der Waals surface area contributed by atoms with Gasteiger partial charge >= 0.3 is 0 Å². The predicted molar refractivity (Wildman–Crippen MR) is 66.7 cm³/mol. The molecule has 0 aromatic carbocycles. The predicted octanol–water partition coefficient (Wildman–Crippen LogP) is 2.30. The lowest BCUT2D eigenvalue weighted by Crippen LogP contribution is -2.17. The molecule has 7 heteroatoms. The molecular formula is C13H20F2N2O3. The first-order chi connectivity index (χ1) is 9.66. The minimum Gasteiger partial charge on any atom is -0.392 e. The van der Waals surface area contributed by atoms with Crippen LogP contribution in [-0.2, 0) is 11.2 Å². The van der Waals surface area contributed by atoms with E-state index < -0.39 is 19.1 Å². The van der Waals surface area contributed by atoms with Gasteiger partial charge in [0.1, 0.15) is 6.61 Å². The Balaban J connectivity index is 1.84. The van der Waals surface area contributed by atoms with Crippen LogP contribution in [0.3, 0.4) is 0 Å². The lowest BCUT2D eigenvalue weighted by Gasteiger charge is -2.15. The summed E-state index contributed by atoms with van der Waals surface area (Å²) in [5.74, 6) is 0.773. The van der Waals surface area contributed by atoms with Crippen molar-refractivity contribution in [3.05, 3.63) is 11.7 Å². The third kappa shape index (κ3) is 4.49. The maximum atomic E-state index is 11.9. The highest BCUT2D eigenvalue weighted by atomic mass is 19.3. The zero-order valence-electron chi connectivity index (χ0n) is 11.3. The zero-order valence-corrected chi connectivity index (χ0v) is 11.3. The van der Waals surface area contributed by atoms with Crippen LogP contribution in [0.5, 0.6) is 0 Å². The Morgan fingerprint density at radius 3 is 2.90 bits per heavy atom. The number of halogens is 2. The summed E-state index contributed by atoms with van der Waals surface area (Å²) in [5.41, 5.74) is 0. The Kier molecular flexibility index (Phi) is 5.85. The lowest BCUT2D eigenvalue weighted by molar-refractivity contribution is 0.0182. The molecule has 0 aliphatic heterocycles. The van der Waals surface area contributed by atoms with Gasteiger partial charge in [0.25, 0.3) is 6.43 Å². The van der Waals surface area contributed by atoms with Crippen LogP contribution in [0.1, 0.15) is 49.7 Å². The van der Waals surface area contributed by atoms with Gasteiger partial charge in [0.05, 0.1) is 18.6 Å². The quantitative estimate of drug-likeness (QED) is 0.643. The van der Waals surface area contributed by atoms with Gasteiger partial charge in [-0.3, -0.25) is 0 Å². The maximum absolute atomic E-state index is 11.9. The Bertz CT molecular complexity index is 401. The molecule has 1 saturated carbocycles. The molecule has 1 aromatic heterocycles. The molecule has 1 aliphatic rings. The van der Waals surface area contributed by atoms with Crippen molar-refractivity contribution in [1.82, 2.24) is 10.1 Å². The standard InChI is InChI=1S/C13H20F2N2O3/c14-11(15)8-19-7-6-12-16-13(20-17-12)9-4-2-1-3-5-10(9)18/h9-11,18H,1-8H2. The average Bonchev–Trinajstić information content (AvgIpc) is 2.77. The Morgan fingerprint density at radius 2 is 2.10 bits per heavy atom. The minimum atomic E-state index is -2.46. The SMILES string of the molecule is OC1CCCCCC1c1nc(CCOCC(F)F)no1. The summed E-state index contributed by atoms with van der Waals surface area (Å²) in [4.78, 5) is 4.24. The number of alkyl halides is 2. The third-order valence-electron chi connectivity index (χ3n) is 3.49. The Hall–Kier alpha value is -1.08. The van der Waals surface area contributed by atoms with Gasteiger partial charge in [-0.15, -0.1) is 0 Å². The van der Waals surface area contributed by atoms with Crippen LogP contribution < -0.4 is 0 Å². The number of aliphatic hydroxyl groups excluding tert-OH is 1. The Labute approximate surface area is 116 Å². The number of nitrogens with zero attached hydrogens (tertiary/aromatic N) is 2. The second kappa shape index (κ2) is 7.64. The topological polar surface area (TPSA) is 68.4 Å². The fourth-order valence-electron chi connectivity index (χ4n) is 2.43. The van der Waals surface area contributed by atoms with Crippen molar-refractivity contribution in [2.45, 2.75) is 57.0 Å². The normalized spacial score (nSPS) is 24.0. The fourth-order valence-corrected chi connectivity index (χ4v) is 2.43. The Morgan fingerprint density at radius 1 is 1.30 bits per heavy atom. The first kappa shape index (κ1) is 15.3. The summed E-state index contributed by atoms with van der Waals surface area (Å²) < 4.78 is 33.7. The van der Waals surface area contributed by atoms with E-state index in [1.165, 1.54) is 0 Å². The number of ether oxygens (including phenoxy) is 1. The molecule has 1 aliphatic carbocycles. The van der Waals surface area contributed by atoms with E-state index >= 15 is 0 Å². The number of hydrogen-bond acceptors (Lipinski definition) is 5. The molecule has 2 unspecified atom stereocenters. The second-order valence-corrected chi connectivity index (χ2v) is 5.08. The molecule has 20 heavy (non-hydrogen) atoms. The van der Waals surface area contributed by atoms with Gasteiger partial charge in [-0.1, -0.05) is 24.4 Å². The fraction of sp³-hybridized carbons (Fsp3) is 0.846. The van der Waals surface area contributed by atoms with Crippen molar-refractivity contribution in [3.63, 3.8) is 0 Å². The minimum absolute atomic E-state index is 0.110. The van der Waals surface area contributed by atoms with Gasteiger partial charge in [0.2, 0.25) is 5.89 Å². The molecule has 1 fully saturated rings. The van der Waals surface area contributed by atoms with Crippen molar-refractivity contribution < 1.29 is 23.1 Å². The largest absolute Gasteiger partial charge is 0.392 e. The second-order valence-electron chi connectivity index (χ2n) is 5.08. The highest BCUT2D eigenvalue weighted by Crippen LogP contribution is 2.30. The van der Waals surface area contributed by atoms with E-state index in [1.807, 2.05) is 0 Å². The maximum Gasteiger partial charge on any atom is 0.261 e. The van der Waals surface area contributed by atoms with Crippen LogP contribution in [0.15, 0.2) is 4.52 Å². The molecule has 1 aromatic rings. The number of aliphatic hydroxyl groups is 1. The number of hydrogen-bond donors (Lipinski definition) is 1. The molecule has 1 heterocycles. The number of aromatic nitrogens is 2. The van der Waals surface area contributed by atoms with Gasteiger partial charge in [-0.25, -0.2) is 8.78 Å². The highest BCUT2D eigenvalue weighted by molar-refractivity contribution is 4.98. The van der Waals surface area contributed by atoms with Crippen molar-refractivity contribution in [3.8, 4) is 0 Å².